The summed E-state index contributed by atoms with van der Waals surface area (Å²) in [6, 6.07) is 5.76. The molecule has 1 aliphatic rings. The predicted molar refractivity (Wildman–Crippen MR) is 92.6 cm³/mol. The summed E-state index contributed by atoms with van der Waals surface area (Å²) in [6.45, 7) is 1.12. The summed E-state index contributed by atoms with van der Waals surface area (Å²) in [5.74, 6) is -1.28. The van der Waals surface area contributed by atoms with Crippen LogP contribution in [-0.4, -0.2) is 28.9 Å². The lowest BCUT2D eigenvalue weighted by Gasteiger charge is -2.25. The van der Waals surface area contributed by atoms with Crippen LogP contribution in [0, 0.1) is 6.92 Å². The number of carbonyl (C=O) groups is 2. The van der Waals surface area contributed by atoms with Crippen LogP contribution in [0.1, 0.15) is 35.1 Å². The van der Waals surface area contributed by atoms with Gasteiger partial charge in [-0.25, -0.2) is 9.97 Å². The molecule has 1 aromatic carbocycles. The van der Waals surface area contributed by atoms with Gasteiger partial charge in [0.15, 0.2) is 0 Å². The molecule has 7 nitrogen and oxygen atoms in total. The van der Waals surface area contributed by atoms with Crippen LogP contribution in [0.25, 0.3) is 0 Å². The van der Waals surface area contributed by atoms with E-state index in [1.165, 1.54) is 14.0 Å². The highest BCUT2D eigenvalue weighted by atomic mass is 19.4. The molecule has 0 saturated carbocycles. The third kappa shape index (κ3) is 4.21. The normalized spacial score (nSPS) is 16.2. The highest BCUT2D eigenvalue weighted by Crippen LogP contribution is 2.35. The van der Waals surface area contributed by atoms with Gasteiger partial charge in [-0.1, -0.05) is 0 Å². The van der Waals surface area contributed by atoms with Crippen LogP contribution < -0.4 is 15.4 Å². The number of amides is 2. The molecular weight excluding hydrogens is 377 g/mol. The number of benzene rings is 1. The van der Waals surface area contributed by atoms with E-state index in [0.717, 1.165) is 6.07 Å². The average Bonchev–Trinajstić information content (AvgIpc) is 2.64. The Bertz CT molecular complexity index is 931. The Kier molecular flexibility index (Phi) is 5.21. The number of nitrogens with zero attached hydrogens (tertiary/aromatic N) is 2. The van der Waals surface area contributed by atoms with Gasteiger partial charge in [0.2, 0.25) is 11.8 Å². The van der Waals surface area contributed by atoms with Crippen molar-refractivity contribution < 1.29 is 27.5 Å². The van der Waals surface area contributed by atoms with Crippen LogP contribution in [0.5, 0.6) is 5.75 Å². The van der Waals surface area contributed by atoms with Crippen LogP contribution >= 0.6 is 0 Å². The second-order valence-corrected chi connectivity index (χ2v) is 6.28. The van der Waals surface area contributed by atoms with Crippen LogP contribution in [-0.2, 0) is 22.3 Å². The molecule has 0 aliphatic carbocycles. The number of hydrogen-bond donors (Lipinski definition) is 2. The lowest BCUT2D eigenvalue weighted by Crippen LogP contribution is -2.35. The predicted octanol–water partition coefficient (Wildman–Crippen LogP) is 2.55. The van der Waals surface area contributed by atoms with Crippen molar-refractivity contribution in [2.75, 3.05) is 12.4 Å². The van der Waals surface area contributed by atoms with E-state index in [1.54, 1.807) is 18.2 Å². The number of anilines is 1. The van der Waals surface area contributed by atoms with E-state index in [2.05, 4.69) is 20.6 Å². The number of halogens is 3. The molecule has 0 spiro atoms. The Morgan fingerprint density at radius 1 is 1.32 bits per heavy atom. The molecular formula is C18H17F3N4O3. The zero-order chi connectivity index (χ0) is 20.5. The number of methoxy groups -OCH3 is 1. The number of aromatic nitrogens is 2. The van der Waals surface area contributed by atoms with Crippen molar-refractivity contribution >= 4 is 17.5 Å². The molecule has 0 unspecified atom stereocenters. The van der Waals surface area contributed by atoms with Gasteiger partial charge in [0.05, 0.1) is 19.6 Å². The Morgan fingerprint density at radius 3 is 2.75 bits per heavy atom. The molecule has 2 amide bonds. The highest BCUT2D eigenvalue weighted by Gasteiger charge is 2.34. The van der Waals surface area contributed by atoms with Crippen molar-refractivity contribution in [3.63, 3.8) is 0 Å². The van der Waals surface area contributed by atoms with Crippen LogP contribution in [0.3, 0.4) is 0 Å². The quantitative estimate of drug-likeness (QED) is 0.831. The van der Waals surface area contributed by atoms with Gasteiger partial charge >= 0.3 is 6.18 Å². The topological polar surface area (TPSA) is 93.2 Å². The van der Waals surface area contributed by atoms with Gasteiger partial charge in [-0.15, -0.1) is 0 Å². The summed E-state index contributed by atoms with van der Waals surface area (Å²) in [4.78, 5) is 31.9. The average molecular weight is 394 g/mol. The van der Waals surface area contributed by atoms with Gasteiger partial charge in [0, 0.05) is 17.8 Å². The molecule has 2 aromatic rings. The van der Waals surface area contributed by atoms with Gasteiger partial charge in [0.25, 0.3) is 0 Å². The maximum absolute atomic E-state index is 12.9. The lowest BCUT2D eigenvalue weighted by molar-refractivity contribution is -0.141. The van der Waals surface area contributed by atoms with E-state index in [0.29, 0.717) is 17.0 Å². The molecule has 1 aromatic heterocycles. The smallest absolute Gasteiger partial charge is 0.433 e. The van der Waals surface area contributed by atoms with Gasteiger partial charge in [0.1, 0.15) is 17.3 Å². The maximum atomic E-state index is 12.9. The number of fused-ring (bicyclic) bond motifs is 1. The molecule has 28 heavy (non-hydrogen) atoms. The summed E-state index contributed by atoms with van der Waals surface area (Å²) in [5.41, 5.74) is 0.121. The van der Waals surface area contributed by atoms with Crippen LogP contribution in [0.4, 0.5) is 18.9 Å². The van der Waals surface area contributed by atoms with E-state index >= 15 is 0 Å². The first kappa shape index (κ1) is 19.6. The van der Waals surface area contributed by atoms with E-state index in [-0.39, 0.29) is 30.4 Å². The minimum absolute atomic E-state index is 0.0888. The third-order valence-corrected chi connectivity index (χ3v) is 4.23. The SMILES string of the molecule is COc1ccc2c(c1)[C@@H](C(=O)NCc1nc(C)cc(C(F)(F)F)n1)CC(=O)N2. The van der Waals surface area contributed by atoms with Crippen LogP contribution in [0.2, 0.25) is 0 Å². The fourth-order valence-corrected chi connectivity index (χ4v) is 2.94. The molecule has 1 aliphatic heterocycles. The second-order valence-electron chi connectivity index (χ2n) is 6.28. The zero-order valence-electron chi connectivity index (χ0n) is 15.1. The first-order chi connectivity index (χ1) is 13.2. The fraction of sp³-hybridized carbons (Fsp3) is 0.333. The molecule has 2 heterocycles. The van der Waals surface area contributed by atoms with Crippen molar-refractivity contribution in [3.8, 4) is 5.75 Å². The summed E-state index contributed by atoms with van der Waals surface area (Å²) in [5, 5.41) is 5.20. The van der Waals surface area contributed by atoms with Gasteiger partial charge in [-0.05, 0) is 36.8 Å². The molecule has 1 atom stereocenters. The van der Waals surface area contributed by atoms with Gasteiger partial charge < -0.3 is 15.4 Å². The molecule has 10 heteroatoms. The van der Waals surface area contributed by atoms with E-state index < -0.39 is 23.7 Å². The first-order valence-corrected chi connectivity index (χ1v) is 8.34. The molecule has 0 radical (unpaired) electrons. The fourth-order valence-electron chi connectivity index (χ4n) is 2.94. The van der Waals surface area contributed by atoms with Gasteiger partial charge in [-0.3, -0.25) is 9.59 Å². The number of ether oxygens (including phenoxy) is 1. The van der Waals surface area contributed by atoms with Crippen LogP contribution in [0.15, 0.2) is 24.3 Å². The number of hydrogen-bond acceptors (Lipinski definition) is 5. The van der Waals surface area contributed by atoms with Crippen molar-refractivity contribution in [1.82, 2.24) is 15.3 Å². The van der Waals surface area contributed by atoms with E-state index in [1.807, 2.05) is 0 Å². The lowest BCUT2D eigenvalue weighted by atomic mass is 9.89. The van der Waals surface area contributed by atoms with Crippen molar-refractivity contribution in [2.24, 2.45) is 0 Å². The summed E-state index contributed by atoms with van der Waals surface area (Å²) < 4.78 is 43.8. The monoisotopic (exact) mass is 394 g/mol. The second kappa shape index (κ2) is 7.45. The number of nitrogens with one attached hydrogen (secondary N) is 2. The Balaban J connectivity index is 1.79. The summed E-state index contributed by atoms with van der Waals surface area (Å²) in [6.07, 6.45) is -4.70. The number of carbonyl (C=O) groups excluding carboxylic acids is 2. The van der Waals surface area contributed by atoms with Crippen molar-refractivity contribution in [3.05, 3.63) is 47.0 Å². The maximum Gasteiger partial charge on any atom is 0.433 e. The minimum Gasteiger partial charge on any atom is -0.497 e. The number of aryl methyl sites for hydroxylation is 1. The van der Waals surface area contributed by atoms with E-state index in [4.69, 9.17) is 4.74 Å². The third-order valence-electron chi connectivity index (χ3n) is 4.23. The van der Waals surface area contributed by atoms with Crippen molar-refractivity contribution in [2.45, 2.75) is 32.0 Å². The Labute approximate surface area is 158 Å². The zero-order valence-corrected chi connectivity index (χ0v) is 15.1. The molecule has 3 rings (SSSR count). The minimum atomic E-state index is -4.61. The Morgan fingerprint density at radius 2 is 2.07 bits per heavy atom. The summed E-state index contributed by atoms with van der Waals surface area (Å²) in [7, 11) is 1.48. The number of alkyl halides is 3. The Hall–Kier alpha value is -3.17. The standard InChI is InChI=1S/C18H17F3N4O3/c1-9-5-14(18(19,20)21)25-15(23-9)8-22-17(27)12-7-16(26)24-13-4-3-10(28-2)6-11(12)13/h3-6,12H,7-8H2,1-2H3,(H,22,27)(H,24,26)/t12-/m0/s1. The molecule has 0 bridgehead atoms. The summed E-state index contributed by atoms with van der Waals surface area (Å²) >= 11 is 0. The molecule has 0 saturated heterocycles. The van der Waals surface area contributed by atoms with Gasteiger partial charge in [-0.2, -0.15) is 13.2 Å². The van der Waals surface area contributed by atoms with Crippen molar-refractivity contribution in [1.29, 1.82) is 0 Å². The highest BCUT2D eigenvalue weighted by molar-refractivity contribution is 6.01. The molecule has 0 fully saturated rings. The molecule has 148 valence electrons. The van der Waals surface area contributed by atoms with E-state index in [9.17, 15) is 22.8 Å². The molecule has 2 N–H and O–H groups in total. The largest absolute Gasteiger partial charge is 0.497 e. The first-order valence-electron chi connectivity index (χ1n) is 8.34. The number of rotatable bonds is 4.